The zero-order valence-corrected chi connectivity index (χ0v) is 14.9. The second-order valence-corrected chi connectivity index (χ2v) is 6.18. The van der Waals surface area contributed by atoms with Gasteiger partial charge in [-0.3, -0.25) is 30.6 Å². The van der Waals surface area contributed by atoms with Crippen LogP contribution in [0, 0.1) is 10.1 Å². The van der Waals surface area contributed by atoms with Crippen molar-refractivity contribution in [2.75, 3.05) is 13.2 Å². The second kappa shape index (κ2) is 8.96. The molecule has 0 spiro atoms. The fourth-order valence-corrected chi connectivity index (χ4v) is 2.66. The van der Waals surface area contributed by atoms with Crippen LogP contribution in [0.4, 0.5) is 5.69 Å². The van der Waals surface area contributed by atoms with Crippen LogP contribution in [0.15, 0.2) is 48.5 Å². The van der Waals surface area contributed by atoms with E-state index in [1.165, 1.54) is 24.3 Å². The Bertz CT molecular complexity index is 845. The van der Waals surface area contributed by atoms with Gasteiger partial charge >= 0.3 is 0 Å². The smallest absolute Gasteiger partial charge is 0.269 e. The summed E-state index contributed by atoms with van der Waals surface area (Å²) in [6, 6.07) is 11.5. The van der Waals surface area contributed by atoms with E-state index in [0.717, 1.165) is 19.4 Å². The maximum absolute atomic E-state index is 12.1. The van der Waals surface area contributed by atoms with E-state index in [9.17, 15) is 19.7 Å². The van der Waals surface area contributed by atoms with Gasteiger partial charge in [0.25, 0.3) is 17.5 Å². The van der Waals surface area contributed by atoms with Crippen LogP contribution in [-0.2, 0) is 4.74 Å². The van der Waals surface area contributed by atoms with E-state index in [2.05, 4.69) is 10.9 Å². The fourth-order valence-electron chi connectivity index (χ4n) is 2.66. The highest BCUT2D eigenvalue weighted by molar-refractivity contribution is 5.99. The maximum atomic E-state index is 12.1. The molecule has 0 saturated carbocycles. The number of nitro groups is 1. The molecule has 2 amide bonds. The number of carbonyl (C=O) groups is 2. The first kappa shape index (κ1) is 19.3. The molecule has 1 unspecified atom stereocenters. The fraction of sp³-hybridized carbons (Fsp3) is 0.263. The summed E-state index contributed by atoms with van der Waals surface area (Å²) in [7, 11) is 0. The zero-order chi connectivity index (χ0) is 19.9. The van der Waals surface area contributed by atoms with Crippen LogP contribution in [-0.4, -0.2) is 36.1 Å². The minimum atomic E-state index is -0.584. The van der Waals surface area contributed by atoms with Crippen molar-refractivity contribution in [2.24, 2.45) is 0 Å². The Kier molecular flexibility index (Phi) is 6.18. The normalized spacial score (nSPS) is 15.6. The SMILES string of the molecule is O=C(NNC(=O)c1ccc([N+](=O)[O-])cc1)c1ccc(OCC2CCCO2)cc1. The van der Waals surface area contributed by atoms with Gasteiger partial charge in [0.05, 0.1) is 11.0 Å². The number of rotatable bonds is 6. The van der Waals surface area contributed by atoms with Gasteiger partial charge in [-0.1, -0.05) is 0 Å². The first-order chi connectivity index (χ1) is 13.5. The molecule has 2 aromatic carbocycles. The van der Waals surface area contributed by atoms with Gasteiger partial charge < -0.3 is 9.47 Å². The van der Waals surface area contributed by atoms with Crippen molar-refractivity contribution in [3.05, 3.63) is 69.8 Å². The highest BCUT2D eigenvalue weighted by atomic mass is 16.6. The monoisotopic (exact) mass is 385 g/mol. The predicted molar refractivity (Wildman–Crippen MR) is 98.9 cm³/mol. The number of nitrogens with one attached hydrogen (secondary N) is 2. The lowest BCUT2D eigenvalue weighted by molar-refractivity contribution is -0.384. The van der Waals surface area contributed by atoms with Crippen molar-refractivity contribution < 1.29 is 24.0 Å². The van der Waals surface area contributed by atoms with Crippen molar-refractivity contribution >= 4 is 17.5 Å². The molecule has 0 aliphatic carbocycles. The van der Waals surface area contributed by atoms with Gasteiger partial charge in [-0.05, 0) is 49.2 Å². The second-order valence-electron chi connectivity index (χ2n) is 6.18. The summed E-state index contributed by atoms with van der Waals surface area (Å²) >= 11 is 0. The largest absolute Gasteiger partial charge is 0.491 e. The lowest BCUT2D eigenvalue weighted by Crippen LogP contribution is -2.41. The molecule has 28 heavy (non-hydrogen) atoms. The van der Waals surface area contributed by atoms with Crippen LogP contribution in [0.5, 0.6) is 5.75 Å². The maximum Gasteiger partial charge on any atom is 0.269 e. The van der Waals surface area contributed by atoms with Crippen LogP contribution in [0.1, 0.15) is 33.6 Å². The van der Waals surface area contributed by atoms with E-state index in [4.69, 9.17) is 9.47 Å². The molecule has 0 aromatic heterocycles. The van der Waals surface area contributed by atoms with Crippen LogP contribution in [0.3, 0.4) is 0 Å². The van der Waals surface area contributed by atoms with E-state index in [0.29, 0.717) is 17.9 Å². The van der Waals surface area contributed by atoms with Crippen molar-refractivity contribution in [1.29, 1.82) is 0 Å². The topological polar surface area (TPSA) is 120 Å². The predicted octanol–water partition coefficient (Wildman–Crippen LogP) is 2.23. The number of hydrogen-bond donors (Lipinski definition) is 2. The van der Waals surface area contributed by atoms with Crippen molar-refractivity contribution in [3.63, 3.8) is 0 Å². The molecule has 1 atom stereocenters. The van der Waals surface area contributed by atoms with E-state index in [1.54, 1.807) is 24.3 Å². The number of benzene rings is 2. The number of hydrogen-bond acceptors (Lipinski definition) is 6. The van der Waals surface area contributed by atoms with Crippen LogP contribution in [0.2, 0.25) is 0 Å². The van der Waals surface area contributed by atoms with Crippen molar-refractivity contribution in [3.8, 4) is 5.75 Å². The van der Waals surface area contributed by atoms with Gasteiger partial charge in [-0.25, -0.2) is 0 Å². The Hall–Kier alpha value is -3.46. The van der Waals surface area contributed by atoms with Crippen LogP contribution in [0.25, 0.3) is 0 Å². The van der Waals surface area contributed by atoms with Gasteiger partial charge in [-0.15, -0.1) is 0 Å². The highest BCUT2D eigenvalue weighted by Crippen LogP contribution is 2.16. The van der Waals surface area contributed by atoms with Gasteiger partial charge in [0.15, 0.2) is 0 Å². The van der Waals surface area contributed by atoms with E-state index in [1.807, 2.05) is 0 Å². The van der Waals surface area contributed by atoms with Gasteiger partial charge in [0.2, 0.25) is 0 Å². The minimum absolute atomic E-state index is 0.109. The third-order valence-corrected chi connectivity index (χ3v) is 4.21. The highest BCUT2D eigenvalue weighted by Gasteiger charge is 2.16. The molecule has 0 bridgehead atoms. The Labute approximate surface area is 160 Å². The van der Waals surface area contributed by atoms with Crippen molar-refractivity contribution in [2.45, 2.75) is 18.9 Å². The Morgan fingerprint density at radius 2 is 1.61 bits per heavy atom. The van der Waals surface area contributed by atoms with Gasteiger partial charge in [-0.2, -0.15) is 0 Å². The lowest BCUT2D eigenvalue weighted by atomic mass is 10.2. The number of amides is 2. The van der Waals surface area contributed by atoms with Crippen molar-refractivity contribution in [1.82, 2.24) is 10.9 Å². The zero-order valence-electron chi connectivity index (χ0n) is 14.9. The van der Waals surface area contributed by atoms with E-state index < -0.39 is 16.7 Å². The summed E-state index contributed by atoms with van der Waals surface area (Å²) in [4.78, 5) is 34.2. The molecule has 146 valence electrons. The Balaban J connectivity index is 1.48. The molecule has 1 fully saturated rings. The third-order valence-electron chi connectivity index (χ3n) is 4.21. The summed E-state index contributed by atoms with van der Waals surface area (Å²) in [5.74, 6) is -0.456. The average Bonchev–Trinajstić information content (AvgIpc) is 3.24. The summed E-state index contributed by atoms with van der Waals surface area (Å²) < 4.78 is 11.1. The van der Waals surface area contributed by atoms with Gasteiger partial charge in [0.1, 0.15) is 12.4 Å². The number of ether oxygens (including phenoxy) is 2. The Morgan fingerprint density at radius 1 is 1.04 bits per heavy atom. The number of non-ortho nitro benzene ring substituents is 1. The summed E-state index contributed by atoms with van der Waals surface area (Å²) in [6.45, 7) is 1.23. The number of nitro benzene ring substituents is 1. The van der Waals surface area contributed by atoms with E-state index in [-0.39, 0.29) is 17.4 Å². The first-order valence-electron chi connectivity index (χ1n) is 8.72. The Morgan fingerprint density at radius 3 is 2.11 bits per heavy atom. The summed E-state index contributed by atoms with van der Waals surface area (Å²) in [6.07, 6.45) is 2.13. The quantitative estimate of drug-likeness (QED) is 0.581. The number of nitrogens with zero attached hydrogens (tertiary/aromatic N) is 1. The molecule has 9 nitrogen and oxygen atoms in total. The molecular formula is C19H19N3O6. The molecular weight excluding hydrogens is 366 g/mol. The molecule has 1 aliphatic rings. The molecule has 1 aliphatic heterocycles. The molecule has 3 rings (SSSR count). The average molecular weight is 385 g/mol. The molecule has 0 radical (unpaired) electrons. The van der Waals surface area contributed by atoms with Gasteiger partial charge in [0, 0.05) is 29.9 Å². The first-order valence-corrected chi connectivity index (χ1v) is 8.72. The summed E-state index contributed by atoms with van der Waals surface area (Å²) in [5.41, 5.74) is 4.97. The lowest BCUT2D eigenvalue weighted by Gasteiger charge is -2.12. The van der Waals surface area contributed by atoms with Crippen LogP contribution < -0.4 is 15.6 Å². The summed E-state index contributed by atoms with van der Waals surface area (Å²) in [5, 5.41) is 10.6. The molecule has 9 heteroatoms. The number of hydrazine groups is 1. The third kappa shape index (κ3) is 5.04. The minimum Gasteiger partial charge on any atom is -0.491 e. The molecule has 2 N–H and O–H groups in total. The number of carbonyl (C=O) groups excluding carboxylic acids is 2. The van der Waals surface area contributed by atoms with Crippen LogP contribution >= 0.6 is 0 Å². The molecule has 1 heterocycles. The van der Waals surface area contributed by atoms with E-state index >= 15 is 0 Å². The standard InChI is InChI=1S/C19H19N3O6/c23-18(13-3-7-15(8-4-13)22(25)26)20-21-19(24)14-5-9-16(10-6-14)28-12-17-2-1-11-27-17/h3-10,17H,1-2,11-12H2,(H,20,23)(H,21,24). The molecule has 1 saturated heterocycles. The molecule has 2 aromatic rings.